The van der Waals surface area contributed by atoms with E-state index in [1.54, 1.807) is 4.90 Å². The van der Waals surface area contributed by atoms with Gasteiger partial charge in [-0.3, -0.25) is 9.59 Å². The third kappa shape index (κ3) is 5.14. The number of rotatable bonds is 3. The summed E-state index contributed by atoms with van der Waals surface area (Å²) >= 11 is 1.84. The number of hydrogen-bond donors (Lipinski definition) is 2. The van der Waals surface area contributed by atoms with Crippen LogP contribution >= 0.6 is 24.2 Å². The predicted octanol–water partition coefficient (Wildman–Crippen LogP) is -0.0351. The van der Waals surface area contributed by atoms with Crippen LogP contribution in [-0.4, -0.2) is 46.3 Å². The molecule has 4 N–H and O–H groups in total. The number of carbonyl (C=O) groups is 2. The largest absolute Gasteiger partial charge is 0.370 e. The zero-order valence-corrected chi connectivity index (χ0v) is 11.8. The zero-order chi connectivity index (χ0) is 12.3. The fraction of sp³-hybridized carbons (Fsp3) is 0.800. The molecule has 0 aromatic rings. The van der Waals surface area contributed by atoms with Gasteiger partial charge in [0, 0.05) is 23.6 Å². The minimum absolute atomic E-state index is 0. The summed E-state index contributed by atoms with van der Waals surface area (Å²) in [4.78, 5) is 24.3. The fourth-order valence-corrected chi connectivity index (χ4v) is 2.85. The lowest BCUT2D eigenvalue weighted by molar-refractivity contribution is -0.134. The molecule has 1 aliphatic rings. The maximum absolute atomic E-state index is 11.9. The Hall–Kier alpha value is -0.460. The van der Waals surface area contributed by atoms with E-state index < -0.39 is 11.9 Å². The number of nitrogens with zero attached hydrogens (tertiary/aromatic N) is 1. The standard InChI is InChI=1S/C10H19N3O2S.ClH/c1-10(2)6-13(3-4-16-10)9(15)7(11)5-8(12)14;/h7H,3-6,11H2,1-2H3,(H2,12,14);1H. The van der Waals surface area contributed by atoms with Crippen LogP contribution in [0.1, 0.15) is 20.3 Å². The first-order valence-electron chi connectivity index (χ1n) is 5.28. The van der Waals surface area contributed by atoms with Crippen molar-refractivity contribution in [1.82, 2.24) is 4.90 Å². The second-order valence-electron chi connectivity index (χ2n) is 4.64. The highest BCUT2D eigenvalue weighted by Crippen LogP contribution is 2.29. The highest BCUT2D eigenvalue weighted by atomic mass is 35.5. The van der Waals surface area contributed by atoms with Crippen molar-refractivity contribution in [2.45, 2.75) is 31.1 Å². The molecule has 0 aromatic carbocycles. The molecule has 0 spiro atoms. The van der Waals surface area contributed by atoms with Crippen molar-refractivity contribution in [1.29, 1.82) is 0 Å². The smallest absolute Gasteiger partial charge is 0.240 e. The van der Waals surface area contributed by atoms with Crippen molar-refractivity contribution < 1.29 is 9.59 Å². The van der Waals surface area contributed by atoms with E-state index in [4.69, 9.17) is 11.5 Å². The van der Waals surface area contributed by atoms with Crippen LogP contribution in [0.4, 0.5) is 0 Å². The normalized spacial score (nSPS) is 20.3. The second kappa shape index (κ2) is 6.47. The molecule has 17 heavy (non-hydrogen) atoms. The van der Waals surface area contributed by atoms with Crippen LogP contribution in [0.5, 0.6) is 0 Å². The number of primary amides is 1. The van der Waals surface area contributed by atoms with E-state index in [1.165, 1.54) is 0 Å². The van der Waals surface area contributed by atoms with Gasteiger partial charge in [0.15, 0.2) is 0 Å². The molecule has 1 rings (SSSR count). The molecule has 1 atom stereocenters. The van der Waals surface area contributed by atoms with Crippen LogP contribution in [-0.2, 0) is 9.59 Å². The van der Waals surface area contributed by atoms with Gasteiger partial charge in [-0.05, 0) is 13.8 Å². The highest BCUT2D eigenvalue weighted by Gasteiger charge is 2.32. The van der Waals surface area contributed by atoms with Crippen molar-refractivity contribution >= 4 is 36.0 Å². The minimum Gasteiger partial charge on any atom is -0.370 e. The Bertz CT molecular complexity index is 299. The fourth-order valence-electron chi connectivity index (χ4n) is 1.74. The van der Waals surface area contributed by atoms with Crippen molar-refractivity contribution in [2.75, 3.05) is 18.8 Å². The first-order chi connectivity index (χ1) is 7.32. The van der Waals surface area contributed by atoms with Gasteiger partial charge in [-0.15, -0.1) is 12.4 Å². The molecule has 0 saturated carbocycles. The van der Waals surface area contributed by atoms with E-state index in [0.29, 0.717) is 13.1 Å². The summed E-state index contributed by atoms with van der Waals surface area (Å²) in [5, 5.41) is 0. The quantitative estimate of drug-likeness (QED) is 0.760. The number of halogens is 1. The summed E-state index contributed by atoms with van der Waals surface area (Å²) in [6.45, 7) is 5.55. The Morgan fingerprint density at radius 2 is 2.06 bits per heavy atom. The van der Waals surface area contributed by atoms with Crippen LogP contribution in [0, 0.1) is 0 Å². The van der Waals surface area contributed by atoms with Gasteiger partial charge in [0.05, 0.1) is 12.5 Å². The Balaban J connectivity index is 0.00000256. The van der Waals surface area contributed by atoms with Crippen LogP contribution in [0.3, 0.4) is 0 Å². The lowest BCUT2D eigenvalue weighted by Crippen LogP contribution is -2.52. The molecule has 1 saturated heterocycles. The monoisotopic (exact) mass is 281 g/mol. The topological polar surface area (TPSA) is 89.4 Å². The van der Waals surface area contributed by atoms with Gasteiger partial charge in [-0.2, -0.15) is 11.8 Å². The molecular formula is C10H20ClN3O2S. The molecule has 0 radical (unpaired) electrons. The van der Waals surface area contributed by atoms with Crippen LogP contribution in [0.25, 0.3) is 0 Å². The molecule has 7 heteroatoms. The van der Waals surface area contributed by atoms with Gasteiger partial charge in [0.25, 0.3) is 0 Å². The van der Waals surface area contributed by atoms with E-state index >= 15 is 0 Å². The first kappa shape index (κ1) is 16.5. The Morgan fingerprint density at radius 1 is 1.47 bits per heavy atom. The molecule has 1 aliphatic heterocycles. The van der Waals surface area contributed by atoms with Crippen molar-refractivity contribution in [3.05, 3.63) is 0 Å². The van der Waals surface area contributed by atoms with E-state index in [2.05, 4.69) is 13.8 Å². The summed E-state index contributed by atoms with van der Waals surface area (Å²) in [6.07, 6.45) is -0.0805. The average Bonchev–Trinajstić information content (AvgIpc) is 2.13. The molecule has 0 aromatic heterocycles. The van der Waals surface area contributed by atoms with Crippen molar-refractivity contribution in [3.63, 3.8) is 0 Å². The SMILES string of the molecule is CC1(C)CN(C(=O)C(N)CC(N)=O)CCS1.Cl. The number of hydrogen-bond acceptors (Lipinski definition) is 4. The molecule has 5 nitrogen and oxygen atoms in total. The van der Waals surface area contributed by atoms with Crippen molar-refractivity contribution in [2.24, 2.45) is 11.5 Å². The molecule has 1 unspecified atom stereocenters. The predicted molar refractivity (Wildman–Crippen MR) is 72.2 cm³/mol. The summed E-state index contributed by atoms with van der Waals surface area (Å²) in [7, 11) is 0. The van der Waals surface area contributed by atoms with Gasteiger partial charge >= 0.3 is 0 Å². The summed E-state index contributed by atoms with van der Waals surface area (Å²) in [5.41, 5.74) is 10.7. The molecule has 1 heterocycles. The first-order valence-corrected chi connectivity index (χ1v) is 6.27. The maximum atomic E-state index is 11.9. The highest BCUT2D eigenvalue weighted by molar-refractivity contribution is 8.00. The van der Waals surface area contributed by atoms with Crippen molar-refractivity contribution in [3.8, 4) is 0 Å². The zero-order valence-electron chi connectivity index (χ0n) is 10.1. The maximum Gasteiger partial charge on any atom is 0.240 e. The van der Waals surface area contributed by atoms with Crippen LogP contribution in [0.15, 0.2) is 0 Å². The van der Waals surface area contributed by atoms with Gasteiger partial charge in [-0.1, -0.05) is 0 Å². The minimum atomic E-state index is -0.795. The number of carbonyl (C=O) groups excluding carboxylic acids is 2. The Kier molecular flexibility index (Phi) is 6.29. The Morgan fingerprint density at radius 3 is 2.53 bits per heavy atom. The third-order valence-corrected chi connectivity index (χ3v) is 3.77. The molecule has 0 bridgehead atoms. The molecular weight excluding hydrogens is 262 g/mol. The third-order valence-electron chi connectivity index (χ3n) is 2.48. The van der Waals surface area contributed by atoms with Gasteiger partial charge in [0.1, 0.15) is 0 Å². The Labute approximate surface area is 112 Å². The van der Waals surface area contributed by atoms with Crippen LogP contribution in [0.2, 0.25) is 0 Å². The average molecular weight is 282 g/mol. The van der Waals surface area contributed by atoms with Gasteiger partial charge in [-0.25, -0.2) is 0 Å². The van der Waals surface area contributed by atoms with E-state index in [0.717, 1.165) is 5.75 Å². The van der Waals surface area contributed by atoms with E-state index in [-0.39, 0.29) is 29.5 Å². The molecule has 2 amide bonds. The lowest BCUT2D eigenvalue weighted by atomic mass is 10.1. The molecule has 0 aliphatic carbocycles. The summed E-state index contributed by atoms with van der Waals surface area (Å²) in [6, 6.07) is -0.795. The van der Waals surface area contributed by atoms with Crippen LogP contribution < -0.4 is 11.5 Å². The molecule has 1 fully saturated rings. The number of amides is 2. The number of thioether (sulfide) groups is 1. The second-order valence-corrected chi connectivity index (χ2v) is 6.45. The lowest BCUT2D eigenvalue weighted by Gasteiger charge is -2.38. The van der Waals surface area contributed by atoms with E-state index in [1.807, 2.05) is 11.8 Å². The summed E-state index contributed by atoms with van der Waals surface area (Å²) < 4.78 is 0.0559. The van der Waals surface area contributed by atoms with Gasteiger partial charge in [0.2, 0.25) is 11.8 Å². The molecule has 100 valence electrons. The van der Waals surface area contributed by atoms with E-state index in [9.17, 15) is 9.59 Å². The summed E-state index contributed by atoms with van der Waals surface area (Å²) in [5.74, 6) is 0.195. The number of nitrogens with two attached hydrogens (primary N) is 2. The van der Waals surface area contributed by atoms with Gasteiger partial charge < -0.3 is 16.4 Å².